The van der Waals surface area contributed by atoms with Crippen molar-refractivity contribution < 1.29 is 4.39 Å². The molecule has 5 heteroatoms. The second-order valence-corrected chi connectivity index (χ2v) is 3.85. The Labute approximate surface area is 96.4 Å². The summed E-state index contributed by atoms with van der Waals surface area (Å²) < 4.78 is 14.7. The molecular formula is C12H11FN2O2. The number of hydrogen-bond donors (Lipinski definition) is 1. The largest absolute Gasteiger partial charge is 0.333 e. The van der Waals surface area contributed by atoms with Crippen LogP contribution in [0.2, 0.25) is 0 Å². The van der Waals surface area contributed by atoms with E-state index < -0.39 is 11.2 Å². The first kappa shape index (κ1) is 11.3. The summed E-state index contributed by atoms with van der Waals surface area (Å²) in [6.45, 7) is 3.26. The van der Waals surface area contributed by atoms with E-state index in [0.29, 0.717) is 16.9 Å². The van der Waals surface area contributed by atoms with Gasteiger partial charge in [-0.05, 0) is 31.5 Å². The number of aromatic amines is 1. The highest BCUT2D eigenvalue weighted by molar-refractivity contribution is 5.36. The lowest BCUT2D eigenvalue weighted by Gasteiger charge is -2.09. The van der Waals surface area contributed by atoms with E-state index in [4.69, 9.17) is 0 Å². The first-order valence-corrected chi connectivity index (χ1v) is 5.08. The summed E-state index contributed by atoms with van der Waals surface area (Å²) in [5.41, 5.74) is 0.326. The van der Waals surface area contributed by atoms with Gasteiger partial charge >= 0.3 is 5.69 Å². The fraction of sp³-hybridized carbons (Fsp3) is 0.167. The van der Waals surface area contributed by atoms with Gasteiger partial charge in [-0.1, -0.05) is 6.07 Å². The molecule has 0 aliphatic rings. The van der Waals surface area contributed by atoms with Gasteiger partial charge in [0, 0.05) is 11.8 Å². The van der Waals surface area contributed by atoms with Crippen molar-refractivity contribution in [2.45, 2.75) is 13.8 Å². The third kappa shape index (κ3) is 2.04. The van der Waals surface area contributed by atoms with Gasteiger partial charge in [0.1, 0.15) is 5.82 Å². The number of aryl methyl sites for hydroxylation is 2. The molecule has 1 heterocycles. The highest BCUT2D eigenvalue weighted by atomic mass is 19.1. The second-order valence-electron chi connectivity index (χ2n) is 3.85. The third-order valence-corrected chi connectivity index (χ3v) is 2.54. The Kier molecular flexibility index (Phi) is 2.67. The predicted octanol–water partition coefficient (Wildman–Crippen LogP) is 1.28. The van der Waals surface area contributed by atoms with Crippen molar-refractivity contribution in [3.8, 4) is 5.69 Å². The molecule has 0 bridgehead atoms. The van der Waals surface area contributed by atoms with Gasteiger partial charge in [0.25, 0.3) is 5.56 Å². The van der Waals surface area contributed by atoms with Gasteiger partial charge in [-0.25, -0.2) is 9.18 Å². The Balaban J connectivity index is 2.73. The Morgan fingerprint density at radius 3 is 2.47 bits per heavy atom. The summed E-state index contributed by atoms with van der Waals surface area (Å²) >= 11 is 0. The molecule has 1 N–H and O–H groups in total. The monoisotopic (exact) mass is 234 g/mol. The number of H-pyrrole nitrogens is 1. The Hall–Kier alpha value is -2.17. The van der Waals surface area contributed by atoms with Crippen LogP contribution in [0.4, 0.5) is 4.39 Å². The standard InChI is InChI=1S/C12H11FN2O2/c1-7-3-4-9(6-10(7)13)15-8(2)5-11(16)14-12(15)17/h3-6H,1-2H3,(H,14,16,17). The molecule has 88 valence electrons. The lowest BCUT2D eigenvalue weighted by Crippen LogP contribution is -2.30. The van der Waals surface area contributed by atoms with Gasteiger partial charge in [0.2, 0.25) is 0 Å². The minimum absolute atomic E-state index is 0.389. The SMILES string of the molecule is Cc1ccc(-n2c(C)cc(=O)[nH]c2=O)cc1F. The first-order valence-electron chi connectivity index (χ1n) is 5.08. The summed E-state index contributed by atoms with van der Waals surface area (Å²) in [5, 5.41) is 0. The molecule has 0 aliphatic heterocycles. The highest BCUT2D eigenvalue weighted by Crippen LogP contribution is 2.12. The fourth-order valence-electron chi connectivity index (χ4n) is 1.65. The zero-order chi connectivity index (χ0) is 12.6. The quantitative estimate of drug-likeness (QED) is 0.808. The topological polar surface area (TPSA) is 54.9 Å². The zero-order valence-electron chi connectivity index (χ0n) is 9.45. The lowest BCUT2D eigenvalue weighted by atomic mass is 10.2. The van der Waals surface area contributed by atoms with Crippen LogP contribution in [0, 0.1) is 19.7 Å². The molecule has 0 amide bonds. The van der Waals surface area contributed by atoms with Gasteiger partial charge in [0.15, 0.2) is 0 Å². The van der Waals surface area contributed by atoms with Crippen LogP contribution in [0.1, 0.15) is 11.3 Å². The summed E-state index contributed by atoms with van der Waals surface area (Å²) in [6.07, 6.45) is 0. The maximum Gasteiger partial charge on any atom is 0.333 e. The van der Waals surface area contributed by atoms with Crippen molar-refractivity contribution in [1.82, 2.24) is 9.55 Å². The van der Waals surface area contributed by atoms with Gasteiger partial charge < -0.3 is 0 Å². The van der Waals surface area contributed by atoms with Crippen LogP contribution < -0.4 is 11.2 Å². The predicted molar refractivity (Wildman–Crippen MR) is 62.1 cm³/mol. The van der Waals surface area contributed by atoms with Crippen LogP contribution in [0.3, 0.4) is 0 Å². The van der Waals surface area contributed by atoms with Gasteiger partial charge in [-0.3, -0.25) is 14.3 Å². The van der Waals surface area contributed by atoms with E-state index in [1.807, 2.05) is 0 Å². The summed E-state index contributed by atoms with van der Waals surface area (Å²) in [7, 11) is 0. The fourth-order valence-corrected chi connectivity index (χ4v) is 1.65. The molecular weight excluding hydrogens is 223 g/mol. The maximum atomic E-state index is 13.4. The average Bonchev–Trinajstić information content (AvgIpc) is 2.21. The van der Waals surface area contributed by atoms with Crippen molar-refractivity contribution >= 4 is 0 Å². The molecule has 0 fully saturated rings. The summed E-state index contributed by atoms with van der Waals surface area (Å²) in [5.74, 6) is -0.389. The van der Waals surface area contributed by atoms with E-state index >= 15 is 0 Å². The van der Waals surface area contributed by atoms with Crippen LogP contribution in [-0.2, 0) is 0 Å². The van der Waals surface area contributed by atoms with E-state index in [0.717, 1.165) is 0 Å². The lowest BCUT2D eigenvalue weighted by molar-refractivity contribution is 0.616. The summed E-state index contributed by atoms with van der Waals surface area (Å²) in [4.78, 5) is 24.9. The molecule has 0 spiro atoms. The molecule has 4 nitrogen and oxygen atoms in total. The molecule has 1 aromatic carbocycles. The van der Waals surface area contributed by atoms with E-state index in [1.54, 1.807) is 26.0 Å². The number of benzene rings is 1. The number of halogens is 1. The smallest absolute Gasteiger partial charge is 0.274 e. The summed E-state index contributed by atoms with van der Waals surface area (Å²) in [6, 6.07) is 5.77. The molecule has 17 heavy (non-hydrogen) atoms. The van der Waals surface area contributed by atoms with Gasteiger partial charge in [0.05, 0.1) is 5.69 Å². The zero-order valence-corrected chi connectivity index (χ0v) is 9.45. The van der Waals surface area contributed by atoms with Gasteiger partial charge in [-0.15, -0.1) is 0 Å². The van der Waals surface area contributed by atoms with E-state index in [2.05, 4.69) is 4.98 Å². The maximum absolute atomic E-state index is 13.4. The number of hydrogen-bond acceptors (Lipinski definition) is 2. The molecule has 2 rings (SSSR count). The van der Waals surface area contributed by atoms with E-state index in [-0.39, 0.29) is 5.82 Å². The van der Waals surface area contributed by atoms with Crippen LogP contribution in [0.5, 0.6) is 0 Å². The number of rotatable bonds is 1. The van der Waals surface area contributed by atoms with Crippen molar-refractivity contribution in [3.63, 3.8) is 0 Å². The normalized spacial score (nSPS) is 10.5. The second kappa shape index (κ2) is 4.01. The first-order chi connectivity index (χ1) is 7.99. The van der Waals surface area contributed by atoms with Crippen LogP contribution >= 0.6 is 0 Å². The Morgan fingerprint density at radius 2 is 1.88 bits per heavy atom. The van der Waals surface area contributed by atoms with E-state index in [9.17, 15) is 14.0 Å². The minimum atomic E-state index is -0.571. The van der Waals surface area contributed by atoms with Crippen LogP contribution in [0.25, 0.3) is 5.69 Å². The molecule has 1 aromatic heterocycles. The molecule has 0 atom stereocenters. The van der Waals surface area contributed by atoms with Crippen molar-refractivity contribution in [2.24, 2.45) is 0 Å². The van der Waals surface area contributed by atoms with Crippen LogP contribution in [-0.4, -0.2) is 9.55 Å². The van der Waals surface area contributed by atoms with Crippen molar-refractivity contribution in [1.29, 1.82) is 0 Å². The van der Waals surface area contributed by atoms with Crippen LogP contribution in [0.15, 0.2) is 33.9 Å². The van der Waals surface area contributed by atoms with Crippen molar-refractivity contribution in [2.75, 3.05) is 0 Å². The molecule has 0 saturated heterocycles. The number of nitrogens with zero attached hydrogens (tertiary/aromatic N) is 1. The molecule has 0 radical (unpaired) electrons. The van der Waals surface area contributed by atoms with Crippen molar-refractivity contribution in [3.05, 3.63) is 62.2 Å². The molecule has 0 aliphatic carbocycles. The highest BCUT2D eigenvalue weighted by Gasteiger charge is 2.06. The molecule has 0 saturated carbocycles. The van der Waals surface area contributed by atoms with Gasteiger partial charge in [-0.2, -0.15) is 0 Å². The molecule has 0 unspecified atom stereocenters. The molecule has 2 aromatic rings. The third-order valence-electron chi connectivity index (χ3n) is 2.54. The van der Waals surface area contributed by atoms with E-state index in [1.165, 1.54) is 16.7 Å². The minimum Gasteiger partial charge on any atom is -0.274 e. The number of aromatic nitrogens is 2. The average molecular weight is 234 g/mol. The Bertz CT molecular complexity index is 686. The Morgan fingerprint density at radius 1 is 1.18 bits per heavy atom. The number of nitrogens with one attached hydrogen (secondary N) is 1.